The van der Waals surface area contributed by atoms with Gasteiger partial charge in [-0.05, 0) is 76.7 Å². The molecule has 1 N–H and O–H groups in total. The van der Waals surface area contributed by atoms with Crippen molar-refractivity contribution in [3.8, 4) is 22.6 Å². The molecule has 0 aromatic heterocycles. The van der Waals surface area contributed by atoms with Crippen LogP contribution < -0.4 is 9.47 Å². The van der Waals surface area contributed by atoms with Gasteiger partial charge in [0, 0.05) is 0 Å². The fraction of sp³-hybridized carbons (Fsp3) is 0.543. The molecule has 0 bridgehead atoms. The van der Waals surface area contributed by atoms with Crippen LogP contribution in [-0.2, 0) is 5.60 Å². The highest BCUT2D eigenvalue weighted by atomic mass is 16.5. The van der Waals surface area contributed by atoms with E-state index in [1.54, 1.807) is 14.2 Å². The number of hydrogen-bond donors (Lipinski definition) is 1. The number of ether oxygens (including phenoxy) is 2. The largest absolute Gasteiger partial charge is 0.497 e. The fourth-order valence-electron chi connectivity index (χ4n) is 5.59. The summed E-state index contributed by atoms with van der Waals surface area (Å²) in [6, 6.07) is 18.9. The quantitative estimate of drug-likeness (QED) is 0.170. The van der Waals surface area contributed by atoms with E-state index in [2.05, 4.69) is 50.2 Å². The van der Waals surface area contributed by atoms with Gasteiger partial charge in [0.05, 0.1) is 19.8 Å². The maximum atomic E-state index is 12.5. The van der Waals surface area contributed by atoms with Crippen LogP contribution in [0.25, 0.3) is 21.9 Å². The van der Waals surface area contributed by atoms with Gasteiger partial charge >= 0.3 is 0 Å². The summed E-state index contributed by atoms with van der Waals surface area (Å²) in [5, 5.41) is 14.7. The predicted molar refractivity (Wildman–Crippen MR) is 162 cm³/mol. The number of hydrogen-bond acceptors (Lipinski definition) is 3. The summed E-state index contributed by atoms with van der Waals surface area (Å²) in [7, 11) is 3.41. The molecular formula is C35H50O3. The standard InChI is InChI=1S/C35H50O3/c1-5-7-9-11-13-15-23-35(36,24-16-14-12-10-8-6-2)34-27-30-25-32(38-4)22-19-29(30)26-33(34)28-17-20-31(37-3)21-18-28/h17-22,25-27,36H,5-16,23-24H2,1-4H3. The predicted octanol–water partition coefficient (Wildman–Crippen LogP) is 10.2. The fourth-order valence-corrected chi connectivity index (χ4v) is 5.59. The minimum absolute atomic E-state index is 0.798. The van der Waals surface area contributed by atoms with E-state index in [1.807, 2.05) is 18.2 Å². The number of fused-ring (bicyclic) bond motifs is 1. The Morgan fingerprint density at radius 2 is 1.11 bits per heavy atom. The number of rotatable bonds is 18. The number of benzene rings is 3. The Hall–Kier alpha value is -2.52. The molecule has 0 fully saturated rings. The summed E-state index contributed by atoms with van der Waals surface area (Å²) in [5.74, 6) is 1.69. The van der Waals surface area contributed by atoms with E-state index in [0.29, 0.717) is 0 Å². The third-order valence-electron chi connectivity index (χ3n) is 7.97. The number of methoxy groups -OCH3 is 2. The van der Waals surface area contributed by atoms with E-state index < -0.39 is 5.60 Å². The highest BCUT2D eigenvalue weighted by Gasteiger charge is 2.31. The monoisotopic (exact) mass is 518 g/mol. The third-order valence-corrected chi connectivity index (χ3v) is 7.97. The van der Waals surface area contributed by atoms with Crippen molar-refractivity contribution >= 4 is 10.8 Å². The van der Waals surface area contributed by atoms with Gasteiger partial charge < -0.3 is 14.6 Å². The second-order valence-corrected chi connectivity index (χ2v) is 10.9. The summed E-state index contributed by atoms with van der Waals surface area (Å²) in [5.41, 5.74) is 2.42. The molecule has 0 unspecified atom stereocenters. The highest BCUT2D eigenvalue weighted by Crippen LogP contribution is 2.42. The lowest BCUT2D eigenvalue weighted by atomic mass is 9.78. The smallest absolute Gasteiger partial charge is 0.119 e. The summed E-state index contributed by atoms with van der Waals surface area (Å²) in [6.45, 7) is 4.52. The molecule has 0 saturated carbocycles. The molecule has 3 heteroatoms. The molecule has 0 spiro atoms. The zero-order valence-corrected chi connectivity index (χ0v) is 24.4. The average molecular weight is 519 g/mol. The van der Waals surface area contributed by atoms with Crippen molar-refractivity contribution in [1.82, 2.24) is 0 Å². The van der Waals surface area contributed by atoms with Crippen LogP contribution in [0.4, 0.5) is 0 Å². The summed E-state index contributed by atoms with van der Waals surface area (Å²) in [4.78, 5) is 0. The highest BCUT2D eigenvalue weighted by molar-refractivity contribution is 5.90. The summed E-state index contributed by atoms with van der Waals surface area (Å²) in [6.07, 6.45) is 16.3. The van der Waals surface area contributed by atoms with E-state index in [0.717, 1.165) is 64.6 Å². The van der Waals surface area contributed by atoms with Crippen molar-refractivity contribution in [2.45, 2.75) is 109 Å². The Morgan fingerprint density at radius 3 is 1.66 bits per heavy atom. The van der Waals surface area contributed by atoms with Crippen molar-refractivity contribution < 1.29 is 14.6 Å². The normalized spacial score (nSPS) is 11.7. The van der Waals surface area contributed by atoms with Crippen LogP contribution in [0.5, 0.6) is 11.5 Å². The van der Waals surface area contributed by atoms with Crippen LogP contribution in [0.3, 0.4) is 0 Å². The minimum atomic E-state index is -0.859. The zero-order valence-electron chi connectivity index (χ0n) is 24.4. The summed E-state index contributed by atoms with van der Waals surface area (Å²) < 4.78 is 11.0. The second-order valence-electron chi connectivity index (χ2n) is 10.9. The van der Waals surface area contributed by atoms with Crippen molar-refractivity contribution in [1.29, 1.82) is 0 Å². The van der Waals surface area contributed by atoms with Crippen LogP contribution in [0.2, 0.25) is 0 Å². The van der Waals surface area contributed by atoms with Crippen molar-refractivity contribution in [2.75, 3.05) is 14.2 Å². The maximum Gasteiger partial charge on any atom is 0.119 e. The molecule has 0 radical (unpaired) electrons. The van der Waals surface area contributed by atoms with Crippen molar-refractivity contribution in [2.24, 2.45) is 0 Å². The first-order valence-electron chi connectivity index (χ1n) is 15.0. The maximum absolute atomic E-state index is 12.5. The van der Waals surface area contributed by atoms with Crippen LogP contribution in [0.15, 0.2) is 54.6 Å². The van der Waals surface area contributed by atoms with E-state index in [9.17, 15) is 5.11 Å². The molecule has 3 aromatic rings. The molecule has 0 aliphatic heterocycles. The van der Waals surface area contributed by atoms with Gasteiger partial charge in [-0.15, -0.1) is 0 Å². The Labute approximate surface area is 231 Å². The molecule has 208 valence electrons. The lowest BCUT2D eigenvalue weighted by molar-refractivity contribution is 0.0139. The molecule has 3 rings (SSSR count). The molecular weight excluding hydrogens is 468 g/mol. The number of aliphatic hydroxyl groups is 1. The zero-order chi connectivity index (χ0) is 27.2. The van der Waals surface area contributed by atoms with Gasteiger partial charge in [-0.2, -0.15) is 0 Å². The van der Waals surface area contributed by atoms with Gasteiger partial charge in [0.2, 0.25) is 0 Å². The molecule has 3 aromatic carbocycles. The minimum Gasteiger partial charge on any atom is -0.497 e. The van der Waals surface area contributed by atoms with Crippen LogP contribution in [0, 0.1) is 0 Å². The molecule has 0 atom stereocenters. The Balaban J connectivity index is 1.98. The third kappa shape index (κ3) is 8.50. The Morgan fingerprint density at radius 1 is 0.579 bits per heavy atom. The first kappa shape index (κ1) is 30.0. The van der Waals surface area contributed by atoms with Gasteiger partial charge in [-0.1, -0.05) is 109 Å². The van der Waals surface area contributed by atoms with Gasteiger partial charge in [0.25, 0.3) is 0 Å². The van der Waals surface area contributed by atoms with Crippen LogP contribution in [0.1, 0.15) is 109 Å². The van der Waals surface area contributed by atoms with E-state index in [-0.39, 0.29) is 0 Å². The molecule has 0 saturated heterocycles. The number of unbranched alkanes of at least 4 members (excludes halogenated alkanes) is 10. The summed E-state index contributed by atoms with van der Waals surface area (Å²) >= 11 is 0. The Kier molecular flexibility index (Phi) is 12.5. The lowest BCUT2D eigenvalue weighted by Gasteiger charge is -2.32. The van der Waals surface area contributed by atoms with E-state index in [4.69, 9.17) is 9.47 Å². The van der Waals surface area contributed by atoms with Gasteiger partial charge in [-0.25, -0.2) is 0 Å². The van der Waals surface area contributed by atoms with Crippen molar-refractivity contribution in [3.63, 3.8) is 0 Å². The van der Waals surface area contributed by atoms with Crippen LogP contribution in [-0.4, -0.2) is 19.3 Å². The van der Waals surface area contributed by atoms with Crippen molar-refractivity contribution in [3.05, 3.63) is 60.2 Å². The molecule has 0 aliphatic rings. The molecule has 38 heavy (non-hydrogen) atoms. The van der Waals surface area contributed by atoms with E-state index in [1.165, 1.54) is 64.2 Å². The van der Waals surface area contributed by atoms with E-state index >= 15 is 0 Å². The van der Waals surface area contributed by atoms with Gasteiger partial charge in [0.1, 0.15) is 11.5 Å². The molecule has 0 heterocycles. The first-order valence-corrected chi connectivity index (χ1v) is 15.0. The van der Waals surface area contributed by atoms with Gasteiger partial charge in [-0.3, -0.25) is 0 Å². The topological polar surface area (TPSA) is 38.7 Å². The SMILES string of the molecule is CCCCCCCCC(O)(CCCCCCCC)c1cc2cc(OC)ccc2cc1-c1ccc(OC)cc1. The molecule has 0 amide bonds. The average Bonchev–Trinajstić information content (AvgIpc) is 2.95. The molecule has 0 aliphatic carbocycles. The molecule has 3 nitrogen and oxygen atoms in total. The lowest BCUT2D eigenvalue weighted by Crippen LogP contribution is -2.27. The Bertz CT molecular complexity index is 1070. The van der Waals surface area contributed by atoms with Crippen LogP contribution >= 0.6 is 0 Å². The second kappa shape index (κ2) is 15.8. The van der Waals surface area contributed by atoms with Gasteiger partial charge in [0.15, 0.2) is 0 Å². The first-order chi connectivity index (χ1) is 18.5.